The van der Waals surface area contributed by atoms with Crippen molar-refractivity contribution < 1.29 is 19.1 Å². The molecule has 2 heterocycles. The van der Waals surface area contributed by atoms with Crippen LogP contribution < -0.4 is 4.74 Å². The topological polar surface area (TPSA) is 68.7 Å². The molecule has 1 fully saturated rings. The molecule has 2 unspecified atom stereocenters. The van der Waals surface area contributed by atoms with E-state index in [2.05, 4.69) is 4.98 Å². The first-order valence-corrected chi connectivity index (χ1v) is 6.44. The van der Waals surface area contributed by atoms with Crippen molar-refractivity contribution in [2.24, 2.45) is 11.8 Å². The molecule has 108 valence electrons. The van der Waals surface area contributed by atoms with E-state index in [0.717, 1.165) is 0 Å². The smallest absolute Gasteiger partial charge is 0.310 e. The van der Waals surface area contributed by atoms with Crippen molar-refractivity contribution in [3.8, 4) is 5.88 Å². The van der Waals surface area contributed by atoms with Gasteiger partial charge in [0.1, 0.15) is 0 Å². The lowest BCUT2D eigenvalue weighted by molar-refractivity contribution is -0.146. The molecular weight excluding hydrogens is 260 g/mol. The van der Waals surface area contributed by atoms with Gasteiger partial charge in [0.05, 0.1) is 25.7 Å². The lowest BCUT2D eigenvalue weighted by Crippen LogP contribution is -2.30. The highest BCUT2D eigenvalue weighted by atomic mass is 16.5. The van der Waals surface area contributed by atoms with Crippen LogP contribution in [-0.4, -0.2) is 49.1 Å². The predicted octanol–water partition coefficient (Wildman–Crippen LogP) is 0.971. The Balaban J connectivity index is 2.08. The van der Waals surface area contributed by atoms with Crippen LogP contribution in [0, 0.1) is 11.8 Å². The first-order valence-electron chi connectivity index (χ1n) is 6.44. The molecule has 1 saturated heterocycles. The SMILES string of the molecule is COC(=O)C1CN(C(=O)c2ccc(OC)nc2)CC1C. The van der Waals surface area contributed by atoms with Gasteiger partial charge in [-0.2, -0.15) is 0 Å². The number of likely N-dealkylation sites (tertiary alicyclic amines) is 1. The Morgan fingerprint density at radius 1 is 1.30 bits per heavy atom. The Morgan fingerprint density at radius 3 is 2.60 bits per heavy atom. The van der Waals surface area contributed by atoms with E-state index in [-0.39, 0.29) is 23.7 Å². The Hall–Kier alpha value is -2.11. The summed E-state index contributed by atoms with van der Waals surface area (Å²) < 4.78 is 9.72. The molecule has 1 aromatic rings. The molecule has 0 aromatic carbocycles. The zero-order valence-corrected chi connectivity index (χ0v) is 11.8. The molecule has 2 atom stereocenters. The van der Waals surface area contributed by atoms with E-state index in [1.54, 1.807) is 17.0 Å². The highest BCUT2D eigenvalue weighted by Gasteiger charge is 2.37. The highest BCUT2D eigenvalue weighted by Crippen LogP contribution is 2.25. The van der Waals surface area contributed by atoms with Gasteiger partial charge in [0.2, 0.25) is 5.88 Å². The summed E-state index contributed by atoms with van der Waals surface area (Å²) in [4.78, 5) is 29.6. The standard InChI is InChI=1S/C14H18N2O4/c1-9-7-16(8-11(9)14(18)20-3)13(17)10-4-5-12(19-2)15-6-10/h4-6,9,11H,7-8H2,1-3H3. The van der Waals surface area contributed by atoms with Gasteiger partial charge in [-0.3, -0.25) is 9.59 Å². The largest absolute Gasteiger partial charge is 0.481 e. The van der Waals surface area contributed by atoms with Crippen molar-refractivity contribution >= 4 is 11.9 Å². The third-order valence-electron chi connectivity index (χ3n) is 3.60. The molecule has 1 aromatic heterocycles. The first kappa shape index (κ1) is 14.3. The summed E-state index contributed by atoms with van der Waals surface area (Å²) >= 11 is 0. The monoisotopic (exact) mass is 278 g/mol. The van der Waals surface area contributed by atoms with Crippen LogP contribution in [0.5, 0.6) is 5.88 Å². The van der Waals surface area contributed by atoms with Crippen LogP contribution in [0.2, 0.25) is 0 Å². The molecule has 0 bridgehead atoms. The minimum atomic E-state index is -0.263. The summed E-state index contributed by atoms with van der Waals surface area (Å²) in [7, 11) is 2.89. The van der Waals surface area contributed by atoms with Crippen molar-refractivity contribution in [2.45, 2.75) is 6.92 Å². The van der Waals surface area contributed by atoms with Gasteiger partial charge in [-0.05, 0) is 12.0 Å². The summed E-state index contributed by atoms with van der Waals surface area (Å²) in [6, 6.07) is 3.31. The lowest BCUT2D eigenvalue weighted by Gasteiger charge is -2.15. The molecule has 0 spiro atoms. The number of hydrogen-bond donors (Lipinski definition) is 0. The molecule has 6 heteroatoms. The number of ether oxygens (including phenoxy) is 2. The molecule has 0 radical (unpaired) electrons. The van der Waals surface area contributed by atoms with E-state index in [1.807, 2.05) is 6.92 Å². The van der Waals surface area contributed by atoms with Gasteiger partial charge in [0.25, 0.3) is 5.91 Å². The maximum Gasteiger partial charge on any atom is 0.310 e. The minimum Gasteiger partial charge on any atom is -0.481 e. The quantitative estimate of drug-likeness (QED) is 0.771. The average molecular weight is 278 g/mol. The average Bonchev–Trinajstić information content (AvgIpc) is 2.87. The second-order valence-electron chi connectivity index (χ2n) is 4.91. The number of hydrogen-bond acceptors (Lipinski definition) is 5. The van der Waals surface area contributed by atoms with Gasteiger partial charge in [-0.1, -0.05) is 6.92 Å². The minimum absolute atomic E-state index is 0.0950. The normalized spacial score (nSPS) is 21.6. The number of carbonyl (C=O) groups excluding carboxylic acids is 2. The summed E-state index contributed by atoms with van der Waals surface area (Å²) in [5.74, 6) is -0.0874. The van der Waals surface area contributed by atoms with Crippen molar-refractivity contribution in [1.29, 1.82) is 0 Å². The van der Waals surface area contributed by atoms with Crippen molar-refractivity contribution in [3.63, 3.8) is 0 Å². The second-order valence-corrected chi connectivity index (χ2v) is 4.91. The fraction of sp³-hybridized carbons (Fsp3) is 0.500. The van der Waals surface area contributed by atoms with Crippen LogP contribution in [-0.2, 0) is 9.53 Å². The zero-order chi connectivity index (χ0) is 14.7. The number of esters is 1. The van der Waals surface area contributed by atoms with E-state index in [1.165, 1.54) is 20.4 Å². The third-order valence-corrected chi connectivity index (χ3v) is 3.60. The Morgan fingerprint density at radius 2 is 2.05 bits per heavy atom. The van der Waals surface area contributed by atoms with E-state index >= 15 is 0 Å². The summed E-state index contributed by atoms with van der Waals surface area (Å²) in [5.41, 5.74) is 0.489. The van der Waals surface area contributed by atoms with Gasteiger partial charge >= 0.3 is 5.97 Å². The summed E-state index contributed by atoms with van der Waals surface area (Å²) in [6.07, 6.45) is 1.48. The van der Waals surface area contributed by atoms with Crippen LogP contribution in [0.3, 0.4) is 0 Å². The highest BCUT2D eigenvalue weighted by molar-refractivity contribution is 5.94. The molecule has 0 N–H and O–H groups in total. The number of nitrogens with zero attached hydrogens (tertiary/aromatic N) is 2. The van der Waals surface area contributed by atoms with Gasteiger partial charge in [0.15, 0.2) is 0 Å². The van der Waals surface area contributed by atoms with Crippen LogP contribution in [0.4, 0.5) is 0 Å². The number of amides is 1. The van der Waals surface area contributed by atoms with Gasteiger partial charge in [0, 0.05) is 25.4 Å². The summed E-state index contributed by atoms with van der Waals surface area (Å²) in [6.45, 7) is 2.88. The number of carbonyl (C=O) groups is 2. The molecular formula is C14H18N2O4. The Labute approximate surface area is 117 Å². The fourth-order valence-corrected chi connectivity index (χ4v) is 2.40. The molecule has 20 heavy (non-hydrogen) atoms. The molecule has 1 amide bonds. The van der Waals surface area contributed by atoms with Gasteiger partial charge in [-0.15, -0.1) is 0 Å². The van der Waals surface area contributed by atoms with Crippen molar-refractivity contribution in [2.75, 3.05) is 27.3 Å². The van der Waals surface area contributed by atoms with Crippen LogP contribution >= 0.6 is 0 Å². The van der Waals surface area contributed by atoms with Crippen LogP contribution in [0.15, 0.2) is 18.3 Å². The molecule has 0 saturated carbocycles. The number of methoxy groups -OCH3 is 2. The predicted molar refractivity (Wildman–Crippen MR) is 71.4 cm³/mol. The van der Waals surface area contributed by atoms with Crippen LogP contribution in [0.1, 0.15) is 17.3 Å². The summed E-state index contributed by atoms with van der Waals surface area (Å²) in [5, 5.41) is 0. The fourth-order valence-electron chi connectivity index (χ4n) is 2.40. The van der Waals surface area contributed by atoms with E-state index in [4.69, 9.17) is 9.47 Å². The van der Waals surface area contributed by atoms with Gasteiger partial charge in [-0.25, -0.2) is 4.98 Å². The maximum absolute atomic E-state index is 12.3. The maximum atomic E-state index is 12.3. The van der Waals surface area contributed by atoms with E-state index in [9.17, 15) is 9.59 Å². The zero-order valence-electron chi connectivity index (χ0n) is 11.8. The molecule has 2 rings (SSSR count). The molecule has 6 nitrogen and oxygen atoms in total. The number of pyridine rings is 1. The number of aromatic nitrogens is 1. The first-order chi connectivity index (χ1) is 9.56. The van der Waals surface area contributed by atoms with Crippen molar-refractivity contribution in [1.82, 2.24) is 9.88 Å². The third kappa shape index (κ3) is 2.74. The van der Waals surface area contributed by atoms with Crippen LogP contribution in [0.25, 0.3) is 0 Å². The second kappa shape index (κ2) is 5.90. The Bertz CT molecular complexity index is 500. The van der Waals surface area contributed by atoms with Gasteiger partial charge < -0.3 is 14.4 Å². The van der Waals surface area contributed by atoms with E-state index in [0.29, 0.717) is 24.5 Å². The number of rotatable bonds is 3. The molecule has 1 aliphatic rings. The molecule has 0 aliphatic carbocycles. The lowest BCUT2D eigenvalue weighted by atomic mass is 9.99. The Kier molecular flexibility index (Phi) is 4.22. The molecule has 1 aliphatic heterocycles. The van der Waals surface area contributed by atoms with E-state index < -0.39 is 0 Å². The van der Waals surface area contributed by atoms with Crippen molar-refractivity contribution in [3.05, 3.63) is 23.9 Å².